The van der Waals surface area contributed by atoms with Crippen LogP contribution in [-0.4, -0.2) is 0 Å². The summed E-state index contributed by atoms with van der Waals surface area (Å²) in [5.74, 6) is 0. The molecule has 1 heteroatoms. The van der Waals surface area contributed by atoms with E-state index in [9.17, 15) is 0 Å². The van der Waals surface area contributed by atoms with Crippen molar-refractivity contribution in [3.63, 3.8) is 0 Å². The van der Waals surface area contributed by atoms with Crippen LogP contribution in [0.25, 0.3) is 6.08 Å². The minimum absolute atomic E-state index is 1.22. The molecule has 0 heterocycles. The van der Waals surface area contributed by atoms with Crippen molar-refractivity contribution in [2.45, 2.75) is 51.9 Å². The van der Waals surface area contributed by atoms with Gasteiger partial charge in [-0.05, 0) is 66.8 Å². The van der Waals surface area contributed by atoms with Crippen LogP contribution in [0.3, 0.4) is 0 Å². The largest absolute Gasteiger partial charge is 0.0652 e. The molecule has 0 bridgehead atoms. The molecule has 0 fully saturated rings. The normalized spacial score (nSPS) is 17.6. The summed E-state index contributed by atoms with van der Waals surface area (Å²) >= 11 is 3.77. The summed E-state index contributed by atoms with van der Waals surface area (Å²) in [4.78, 5) is 0. The number of fused-ring (bicyclic) bond motifs is 3. The topological polar surface area (TPSA) is 0 Å². The second kappa shape index (κ2) is 4.61. The molecular formula is C16H19Br. The summed E-state index contributed by atoms with van der Waals surface area (Å²) in [5, 5.41) is 0. The van der Waals surface area contributed by atoms with Gasteiger partial charge in [-0.1, -0.05) is 40.9 Å². The molecule has 3 rings (SSSR count). The molecule has 0 saturated carbocycles. The Morgan fingerprint density at radius 3 is 2.65 bits per heavy atom. The first-order valence-corrected chi connectivity index (χ1v) is 7.61. The lowest BCUT2D eigenvalue weighted by Gasteiger charge is -2.21. The Balaban J connectivity index is 2.04. The zero-order valence-corrected chi connectivity index (χ0v) is 12.1. The SMILES string of the molecule is CCCC1=Cc2cc(Br)c3c(c2C1)CCCC3. The first kappa shape index (κ1) is 11.5. The number of hydrogen-bond donors (Lipinski definition) is 0. The molecule has 2 aliphatic rings. The lowest BCUT2D eigenvalue weighted by molar-refractivity contribution is 0.677. The fourth-order valence-corrected chi connectivity index (χ4v) is 3.99. The first-order chi connectivity index (χ1) is 8.29. The molecule has 90 valence electrons. The van der Waals surface area contributed by atoms with Crippen LogP contribution >= 0.6 is 15.9 Å². The molecule has 0 saturated heterocycles. The zero-order valence-electron chi connectivity index (χ0n) is 10.5. The number of rotatable bonds is 2. The second-order valence-electron chi connectivity index (χ2n) is 5.32. The third-order valence-corrected chi connectivity index (χ3v) is 4.79. The molecular weight excluding hydrogens is 272 g/mol. The number of benzene rings is 1. The Hall–Kier alpha value is -0.560. The van der Waals surface area contributed by atoms with E-state index < -0.39 is 0 Å². The van der Waals surface area contributed by atoms with Crippen LogP contribution in [0.4, 0.5) is 0 Å². The van der Waals surface area contributed by atoms with Crippen molar-refractivity contribution >= 4 is 22.0 Å². The van der Waals surface area contributed by atoms with E-state index in [0.717, 1.165) is 0 Å². The highest BCUT2D eigenvalue weighted by Crippen LogP contribution is 2.38. The van der Waals surface area contributed by atoms with Gasteiger partial charge < -0.3 is 0 Å². The van der Waals surface area contributed by atoms with Gasteiger partial charge in [0, 0.05) is 4.47 Å². The Morgan fingerprint density at radius 2 is 1.88 bits per heavy atom. The highest BCUT2D eigenvalue weighted by atomic mass is 79.9. The second-order valence-corrected chi connectivity index (χ2v) is 6.17. The van der Waals surface area contributed by atoms with Gasteiger partial charge in [-0.25, -0.2) is 0 Å². The fourth-order valence-electron chi connectivity index (χ4n) is 3.30. The van der Waals surface area contributed by atoms with Crippen LogP contribution in [0, 0.1) is 0 Å². The van der Waals surface area contributed by atoms with Crippen molar-refractivity contribution in [1.29, 1.82) is 0 Å². The first-order valence-electron chi connectivity index (χ1n) is 6.82. The Labute approximate surface area is 112 Å². The minimum Gasteiger partial charge on any atom is -0.0652 e. The Bertz CT molecular complexity index is 483. The molecule has 0 nitrogen and oxygen atoms in total. The van der Waals surface area contributed by atoms with E-state index in [4.69, 9.17) is 0 Å². The van der Waals surface area contributed by atoms with Crippen LogP contribution in [-0.2, 0) is 19.3 Å². The van der Waals surface area contributed by atoms with Crippen molar-refractivity contribution in [1.82, 2.24) is 0 Å². The maximum Gasteiger partial charge on any atom is 0.0216 e. The number of allylic oxidation sites excluding steroid dienone is 1. The molecule has 2 aliphatic carbocycles. The Kier molecular flexibility index (Phi) is 3.12. The molecule has 0 atom stereocenters. The van der Waals surface area contributed by atoms with E-state index >= 15 is 0 Å². The maximum atomic E-state index is 3.77. The predicted octanol–water partition coefficient (Wildman–Crippen LogP) is 5.07. The van der Waals surface area contributed by atoms with Crippen LogP contribution in [0.2, 0.25) is 0 Å². The summed E-state index contributed by atoms with van der Waals surface area (Å²) in [6.45, 7) is 2.27. The average Bonchev–Trinajstić information content (AvgIpc) is 2.73. The van der Waals surface area contributed by atoms with Gasteiger partial charge in [-0.2, -0.15) is 0 Å². The van der Waals surface area contributed by atoms with E-state index in [1.165, 1.54) is 55.0 Å². The van der Waals surface area contributed by atoms with Crippen molar-refractivity contribution in [3.05, 3.63) is 38.4 Å². The molecule has 1 aromatic rings. The molecule has 0 aromatic heterocycles. The van der Waals surface area contributed by atoms with Crippen LogP contribution in [0.15, 0.2) is 16.1 Å². The van der Waals surface area contributed by atoms with Gasteiger partial charge in [0.25, 0.3) is 0 Å². The molecule has 0 unspecified atom stereocenters. The molecule has 1 aromatic carbocycles. The maximum absolute atomic E-state index is 3.77. The van der Waals surface area contributed by atoms with Gasteiger partial charge in [-0.15, -0.1) is 0 Å². The zero-order chi connectivity index (χ0) is 11.8. The number of halogens is 1. The minimum atomic E-state index is 1.22. The van der Waals surface area contributed by atoms with Gasteiger partial charge >= 0.3 is 0 Å². The lowest BCUT2D eigenvalue weighted by Crippen LogP contribution is -2.07. The molecule has 0 spiro atoms. The van der Waals surface area contributed by atoms with Gasteiger partial charge in [0.15, 0.2) is 0 Å². The number of hydrogen-bond acceptors (Lipinski definition) is 0. The highest BCUT2D eigenvalue weighted by Gasteiger charge is 2.22. The van der Waals surface area contributed by atoms with E-state index in [2.05, 4.69) is 35.0 Å². The summed E-state index contributed by atoms with van der Waals surface area (Å²) in [7, 11) is 0. The monoisotopic (exact) mass is 290 g/mol. The van der Waals surface area contributed by atoms with Crippen LogP contribution in [0.1, 0.15) is 54.9 Å². The van der Waals surface area contributed by atoms with Gasteiger partial charge in [0.05, 0.1) is 0 Å². The lowest BCUT2D eigenvalue weighted by atomic mass is 9.86. The molecule has 17 heavy (non-hydrogen) atoms. The predicted molar refractivity (Wildman–Crippen MR) is 77.4 cm³/mol. The van der Waals surface area contributed by atoms with Crippen LogP contribution < -0.4 is 0 Å². The van der Waals surface area contributed by atoms with E-state index in [0.29, 0.717) is 0 Å². The highest BCUT2D eigenvalue weighted by molar-refractivity contribution is 9.10. The standard InChI is InChI=1S/C16H19Br/c1-2-5-11-8-12-10-16(17)14-7-4-3-6-13(14)15(12)9-11/h8,10H,2-7,9H2,1H3. The van der Waals surface area contributed by atoms with Gasteiger partial charge in [-0.3, -0.25) is 0 Å². The van der Waals surface area contributed by atoms with Crippen molar-refractivity contribution < 1.29 is 0 Å². The van der Waals surface area contributed by atoms with Crippen molar-refractivity contribution in [2.24, 2.45) is 0 Å². The smallest absolute Gasteiger partial charge is 0.0216 e. The third-order valence-electron chi connectivity index (χ3n) is 4.09. The quantitative estimate of drug-likeness (QED) is 0.714. The van der Waals surface area contributed by atoms with Gasteiger partial charge in [0.1, 0.15) is 0 Å². The molecule has 0 radical (unpaired) electrons. The fraction of sp³-hybridized carbons (Fsp3) is 0.500. The summed E-state index contributed by atoms with van der Waals surface area (Å²) < 4.78 is 1.35. The third kappa shape index (κ3) is 1.99. The Morgan fingerprint density at radius 1 is 1.12 bits per heavy atom. The summed E-state index contributed by atoms with van der Waals surface area (Å²) in [5.41, 5.74) is 8.03. The van der Waals surface area contributed by atoms with E-state index in [-0.39, 0.29) is 0 Å². The van der Waals surface area contributed by atoms with Crippen molar-refractivity contribution in [3.8, 4) is 0 Å². The van der Waals surface area contributed by atoms with E-state index in [1.54, 1.807) is 22.3 Å². The van der Waals surface area contributed by atoms with Crippen molar-refractivity contribution in [2.75, 3.05) is 0 Å². The summed E-state index contributed by atoms with van der Waals surface area (Å²) in [6.07, 6.45) is 11.5. The molecule has 0 amide bonds. The average molecular weight is 291 g/mol. The summed E-state index contributed by atoms with van der Waals surface area (Å²) in [6, 6.07) is 2.35. The van der Waals surface area contributed by atoms with Crippen LogP contribution in [0.5, 0.6) is 0 Å². The molecule has 0 aliphatic heterocycles. The van der Waals surface area contributed by atoms with Gasteiger partial charge in [0.2, 0.25) is 0 Å². The molecule has 0 N–H and O–H groups in total. The van der Waals surface area contributed by atoms with E-state index in [1.807, 2.05) is 0 Å².